The number of halogens is 6. The second-order valence-electron chi connectivity index (χ2n) is 3.25. The quantitative estimate of drug-likeness (QED) is 0.367. The molecule has 0 N–H and O–H groups in total. The average Bonchev–Trinajstić information content (AvgIpc) is 2.29. The average molecular weight is 335 g/mol. The third kappa shape index (κ3) is 4.86. The Balaban J connectivity index is 2.71. The molecular formula is C10H4Cl2F4O4. The van der Waals surface area contributed by atoms with Crippen LogP contribution in [0.3, 0.4) is 0 Å². The van der Waals surface area contributed by atoms with Gasteiger partial charge in [0.2, 0.25) is 0 Å². The van der Waals surface area contributed by atoms with Gasteiger partial charge < -0.3 is 9.47 Å². The predicted molar refractivity (Wildman–Crippen MR) is 59.3 cm³/mol. The molecule has 0 aliphatic heterocycles. The summed E-state index contributed by atoms with van der Waals surface area (Å²) >= 11 is 8.82. The number of carbonyl (C=O) groups excluding carboxylic acids is 2. The molecule has 0 bridgehead atoms. The third-order valence-electron chi connectivity index (χ3n) is 1.71. The first-order chi connectivity index (χ1) is 9.00. The molecule has 0 aromatic heterocycles. The molecule has 0 aliphatic rings. The lowest BCUT2D eigenvalue weighted by molar-refractivity contribution is -0.151. The zero-order valence-electron chi connectivity index (χ0n) is 9.21. The summed E-state index contributed by atoms with van der Waals surface area (Å²) in [7, 11) is 0. The fourth-order valence-electron chi connectivity index (χ4n) is 0.906. The molecule has 0 aliphatic carbocycles. The molecule has 1 aromatic carbocycles. The van der Waals surface area contributed by atoms with Crippen molar-refractivity contribution in [3.8, 4) is 11.5 Å². The van der Waals surface area contributed by atoms with Gasteiger partial charge in [-0.3, -0.25) is 0 Å². The Morgan fingerprint density at radius 2 is 1.05 bits per heavy atom. The van der Waals surface area contributed by atoms with Crippen LogP contribution in [0.25, 0.3) is 0 Å². The van der Waals surface area contributed by atoms with Gasteiger partial charge in [-0.1, -0.05) is 0 Å². The van der Waals surface area contributed by atoms with Crippen molar-refractivity contribution in [3.63, 3.8) is 0 Å². The number of benzene rings is 1. The van der Waals surface area contributed by atoms with Crippen LogP contribution in [0, 0.1) is 0 Å². The van der Waals surface area contributed by atoms with Gasteiger partial charge in [-0.2, -0.15) is 17.6 Å². The predicted octanol–water partition coefficient (Wildman–Crippen LogP) is 3.16. The maximum atomic E-state index is 12.3. The van der Waals surface area contributed by atoms with Crippen LogP contribution in [0.5, 0.6) is 11.5 Å². The van der Waals surface area contributed by atoms with E-state index < -0.39 is 22.7 Å². The van der Waals surface area contributed by atoms with Crippen molar-refractivity contribution >= 4 is 35.1 Å². The zero-order chi connectivity index (χ0) is 15.6. The first kappa shape index (κ1) is 16.5. The number of rotatable bonds is 4. The molecule has 0 saturated carbocycles. The first-order valence-electron chi connectivity index (χ1n) is 4.68. The van der Waals surface area contributed by atoms with E-state index in [2.05, 4.69) is 32.7 Å². The zero-order valence-corrected chi connectivity index (χ0v) is 10.7. The summed E-state index contributed by atoms with van der Waals surface area (Å²) in [6.07, 6.45) is 0. The number of ether oxygens (including phenoxy) is 2. The minimum absolute atomic E-state index is 0.354. The van der Waals surface area contributed by atoms with E-state index in [4.69, 9.17) is 0 Å². The Hall–Kier alpha value is -1.54. The van der Waals surface area contributed by atoms with E-state index in [9.17, 15) is 27.2 Å². The fraction of sp³-hybridized carbons (Fsp3) is 0.200. The molecule has 0 spiro atoms. The molecule has 1 rings (SSSR count). The van der Waals surface area contributed by atoms with Crippen molar-refractivity contribution in [1.82, 2.24) is 0 Å². The summed E-state index contributed by atoms with van der Waals surface area (Å²) in [5.74, 6) is -4.74. The number of alkyl halides is 6. The van der Waals surface area contributed by atoms with Gasteiger partial charge in [-0.25, -0.2) is 9.59 Å². The molecule has 0 amide bonds. The molecular weight excluding hydrogens is 331 g/mol. The van der Waals surface area contributed by atoms with Gasteiger partial charge >= 0.3 is 22.7 Å². The van der Waals surface area contributed by atoms with Gasteiger partial charge in [0.05, 0.1) is 0 Å². The number of hydrogen-bond acceptors (Lipinski definition) is 4. The standard InChI is InChI=1S/C10H4Cl2F4O4/c11-9(13,14)7(17)19-5-1-2-6(4-3-5)20-8(18)10(12,15)16/h1-4H. The van der Waals surface area contributed by atoms with Crippen molar-refractivity contribution < 1.29 is 36.6 Å². The van der Waals surface area contributed by atoms with Crippen LogP contribution in [0.4, 0.5) is 17.6 Å². The van der Waals surface area contributed by atoms with Gasteiger partial charge in [-0.15, -0.1) is 0 Å². The molecule has 20 heavy (non-hydrogen) atoms. The van der Waals surface area contributed by atoms with Crippen LogP contribution in [0.1, 0.15) is 0 Å². The van der Waals surface area contributed by atoms with E-state index in [0.29, 0.717) is 0 Å². The Labute approximate surface area is 119 Å². The van der Waals surface area contributed by atoms with Gasteiger partial charge in [0, 0.05) is 0 Å². The lowest BCUT2D eigenvalue weighted by Crippen LogP contribution is -2.27. The highest BCUT2D eigenvalue weighted by Gasteiger charge is 2.39. The minimum atomic E-state index is -4.20. The minimum Gasteiger partial charge on any atom is -0.421 e. The molecule has 0 heterocycles. The maximum absolute atomic E-state index is 12.3. The topological polar surface area (TPSA) is 52.6 Å². The van der Waals surface area contributed by atoms with Crippen LogP contribution in [-0.4, -0.2) is 22.7 Å². The first-order valence-corrected chi connectivity index (χ1v) is 5.44. The molecule has 110 valence electrons. The Morgan fingerprint density at radius 3 is 1.25 bits per heavy atom. The Kier molecular flexibility index (Phi) is 4.82. The second kappa shape index (κ2) is 5.84. The molecule has 0 radical (unpaired) electrons. The highest BCUT2D eigenvalue weighted by Crippen LogP contribution is 2.26. The van der Waals surface area contributed by atoms with Crippen LogP contribution in [0.2, 0.25) is 0 Å². The summed E-state index contributed by atoms with van der Waals surface area (Å²) in [5.41, 5.74) is 0. The second-order valence-corrected chi connectivity index (χ2v) is 4.20. The van der Waals surface area contributed by atoms with Crippen molar-refractivity contribution in [3.05, 3.63) is 24.3 Å². The number of esters is 2. The summed E-state index contributed by atoms with van der Waals surface area (Å²) in [4.78, 5) is 21.4. The molecule has 1 aromatic rings. The van der Waals surface area contributed by atoms with E-state index >= 15 is 0 Å². The molecule has 4 nitrogen and oxygen atoms in total. The molecule has 0 atom stereocenters. The summed E-state index contributed by atoms with van der Waals surface area (Å²) < 4.78 is 57.6. The van der Waals surface area contributed by atoms with E-state index in [1.54, 1.807) is 0 Å². The Bertz CT molecular complexity index is 460. The van der Waals surface area contributed by atoms with Crippen molar-refractivity contribution in [2.45, 2.75) is 10.8 Å². The van der Waals surface area contributed by atoms with Gasteiger partial charge in [0.1, 0.15) is 11.5 Å². The fourth-order valence-corrected chi connectivity index (χ4v) is 0.983. The van der Waals surface area contributed by atoms with Crippen molar-refractivity contribution in [1.29, 1.82) is 0 Å². The van der Waals surface area contributed by atoms with E-state index in [0.717, 1.165) is 24.3 Å². The van der Waals surface area contributed by atoms with Gasteiger partial charge in [0.15, 0.2) is 0 Å². The Morgan fingerprint density at radius 1 is 0.800 bits per heavy atom. The largest absolute Gasteiger partial charge is 0.421 e. The monoisotopic (exact) mass is 334 g/mol. The van der Waals surface area contributed by atoms with Crippen molar-refractivity contribution in [2.75, 3.05) is 0 Å². The van der Waals surface area contributed by atoms with E-state index in [1.165, 1.54) is 0 Å². The van der Waals surface area contributed by atoms with Gasteiger partial charge in [0.25, 0.3) is 0 Å². The molecule has 0 unspecified atom stereocenters. The molecule has 10 heteroatoms. The third-order valence-corrected chi connectivity index (χ3v) is 2.02. The van der Waals surface area contributed by atoms with Gasteiger partial charge in [-0.05, 0) is 47.5 Å². The van der Waals surface area contributed by atoms with Crippen molar-refractivity contribution in [2.24, 2.45) is 0 Å². The maximum Gasteiger partial charge on any atom is 0.418 e. The highest BCUT2D eigenvalue weighted by molar-refractivity contribution is 6.31. The van der Waals surface area contributed by atoms with E-state index in [-0.39, 0.29) is 11.5 Å². The van der Waals surface area contributed by atoms with Crippen LogP contribution in [-0.2, 0) is 9.59 Å². The smallest absolute Gasteiger partial charge is 0.418 e. The van der Waals surface area contributed by atoms with Crippen LogP contribution in [0.15, 0.2) is 24.3 Å². The highest BCUT2D eigenvalue weighted by atomic mass is 35.5. The van der Waals surface area contributed by atoms with Crippen LogP contribution < -0.4 is 9.47 Å². The molecule has 0 fully saturated rings. The summed E-state index contributed by atoms with van der Waals surface area (Å²) in [5, 5.41) is -8.41. The lowest BCUT2D eigenvalue weighted by atomic mass is 10.3. The van der Waals surface area contributed by atoms with E-state index in [1.807, 2.05) is 0 Å². The summed E-state index contributed by atoms with van der Waals surface area (Å²) in [6.45, 7) is 0. The number of carbonyl (C=O) groups is 2. The van der Waals surface area contributed by atoms with Crippen LogP contribution >= 0.6 is 23.2 Å². The lowest BCUT2D eigenvalue weighted by Gasteiger charge is -2.10. The normalized spacial score (nSPS) is 11.9. The summed E-state index contributed by atoms with van der Waals surface area (Å²) in [6, 6.07) is 3.70. The molecule has 0 saturated heterocycles. The SMILES string of the molecule is O=C(Oc1ccc(OC(=O)C(F)(F)Cl)cc1)C(F)(F)Cl. The number of hydrogen-bond donors (Lipinski definition) is 0.